The number of urea groups is 1. The Kier molecular flexibility index (Phi) is 5.37. The van der Waals surface area contributed by atoms with Crippen LogP contribution in [0.3, 0.4) is 0 Å². The van der Waals surface area contributed by atoms with Crippen molar-refractivity contribution in [3.05, 3.63) is 34.9 Å². The number of hydrogen-bond donors (Lipinski definition) is 2. The van der Waals surface area contributed by atoms with E-state index >= 15 is 0 Å². The van der Waals surface area contributed by atoms with Gasteiger partial charge in [0.1, 0.15) is 16.7 Å². The number of ether oxygens (including phenoxy) is 1. The minimum Gasteiger partial charge on any atom is -0.497 e. The highest BCUT2D eigenvalue weighted by Gasteiger charge is 2.44. The molecule has 9 nitrogen and oxygen atoms in total. The molecule has 0 spiro atoms. The molecule has 1 aromatic carbocycles. The normalized spacial score (nSPS) is 22.0. The van der Waals surface area contributed by atoms with Gasteiger partial charge in [0.05, 0.1) is 12.8 Å². The van der Waals surface area contributed by atoms with Crippen molar-refractivity contribution in [1.82, 2.24) is 19.8 Å². The van der Waals surface area contributed by atoms with Gasteiger partial charge in [0, 0.05) is 38.4 Å². The van der Waals surface area contributed by atoms with Gasteiger partial charge in [-0.1, -0.05) is 0 Å². The molecule has 3 aliphatic heterocycles. The first-order valence-electron chi connectivity index (χ1n) is 9.50. The van der Waals surface area contributed by atoms with E-state index in [0.29, 0.717) is 36.8 Å². The van der Waals surface area contributed by atoms with Crippen molar-refractivity contribution in [2.45, 2.75) is 13.0 Å². The molecule has 10 heteroatoms. The SMILES string of the molecule is CCN1C(=O)NC2=C(C(=O)N3CCN(c4ccc(OC)cc4)CC3)SNC2C1=O. The van der Waals surface area contributed by atoms with Crippen LogP contribution in [-0.2, 0) is 9.59 Å². The van der Waals surface area contributed by atoms with Gasteiger partial charge in [0.25, 0.3) is 11.8 Å². The number of methoxy groups -OCH3 is 1. The van der Waals surface area contributed by atoms with Gasteiger partial charge in [-0.2, -0.15) is 0 Å². The fourth-order valence-electron chi connectivity index (χ4n) is 3.67. The number of carbonyl (C=O) groups is 3. The maximum absolute atomic E-state index is 13.0. The van der Waals surface area contributed by atoms with Crippen LogP contribution in [0.2, 0.25) is 0 Å². The van der Waals surface area contributed by atoms with Crippen molar-refractivity contribution in [2.75, 3.05) is 44.7 Å². The number of carbonyl (C=O) groups excluding carboxylic acids is 3. The Morgan fingerprint density at radius 3 is 2.48 bits per heavy atom. The monoisotopic (exact) mass is 417 g/mol. The predicted octanol–water partition coefficient (Wildman–Crippen LogP) is 0.747. The molecule has 1 aromatic rings. The van der Waals surface area contributed by atoms with Crippen molar-refractivity contribution in [1.29, 1.82) is 0 Å². The molecule has 4 amide bonds. The summed E-state index contributed by atoms with van der Waals surface area (Å²) < 4.78 is 8.17. The van der Waals surface area contributed by atoms with Gasteiger partial charge in [0.2, 0.25) is 0 Å². The number of fused-ring (bicyclic) bond motifs is 1. The van der Waals surface area contributed by atoms with E-state index < -0.39 is 12.1 Å². The first kappa shape index (κ1) is 19.6. The minimum atomic E-state index is -0.683. The lowest BCUT2D eigenvalue weighted by Crippen LogP contribution is -2.58. The Morgan fingerprint density at radius 2 is 1.86 bits per heavy atom. The molecule has 2 fully saturated rings. The lowest BCUT2D eigenvalue weighted by atomic mass is 10.1. The molecular formula is C19H23N5O4S. The van der Waals surface area contributed by atoms with Gasteiger partial charge in [-0.25, -0.2) is 9.52 Å². The summed E-state index contributed by atoms with van der Waals surface area (Å²) in [7, 11) is 1.64. The maximum Gasteiger partial charge on any atom is 0.328 e. The van der Waals surface area contributed by atoms with E-state index in [-0.39, 0.29) is 18.4 Å². The van der Waals surface area contributed by atoms with E-state index in [0.717, 1.165) is 28.3 Å². The summed E-state index contributed by atoms with van der Waals surface area (Å²) in [4.78, 5) is 43.2. The van der Waals surface area contributed by atoms with E-state index in [9.17, 15) is 14.4 Å². The average Bonchev–Trinajstić information content (AvgIpc) is 3.17. The third-order valence-corrected chi connectivity index (χ3v) is 6.28. The molecule has 0 aliphatic carbocycles. The summed E-state index contributed by atoms with van der Waals surface area (Å²) in [5.74, 6) is 0.320. The van der Waals surface area contributed by atoms with Crippen LogP contribution in [0.1, 0.15) is 6.92 Å². The Labute approximate surface area is 173 Å². The second-order valence-electron chi connectivity index (χ2n) is 6.89. The maximum atomic E-state index is 13.0. The molecule has 0 radical (unpaired) electrons. The smallest absolute Gasteiger partial charge is 0.328 e. The van der Waals surface area contributed by atoms with Crippen LogP contribution in [-0.4, -0.2) is 73.5 Å². The van der Waals surface area contributed by atoms with Crippen molar-refractivity contribution in [3.63, 3.8) is 0 Å². The molecule has 3 heterocycles. The highest BCUT2D eigenvalue weighted by molar-refractivity contribution is 8.02. The molecule has 0 bridgehead atoms. The Hall–Kier alpha value is -2.72. The number of likely N-dealkylation sites (N-methyl/N-ethyl adjacent to an activating group) is 1. The van der Waals surface area contributed by atoms with Gasteiger partial charge in [-0.3, -0.25) is 14.5 Å². The third-order valence-electron chi connectivity index (χ3n) is 5.33. The van der Waals surface area contributed by atoms with Crippen LogP contribution in [0.15, 0.2) is 34.9 Å². The summed E-state index contributed by atoms with van der Waals surface area (Å²) >= 11 is 1.12. The summed E-state index contributed by atoms with van der Waals surface area (Å²) in [6.45, 7) is 4.57. The van der Waals surface area contributed by atoms with Crippen LogP contribution in [0, 0.1) is 0 Å². The molecule has 1 unspecified atom stereocenters. The largest absolute Gasteiger partial charge is 0.497 e. The molecule has 2 N–H and O–H groups in total. The number of hydrogen-bond acceptors (Lipinski definition) is 7. The van der Waals surface area contributed by atoms with Gasteiger partial charge in [0.15, 0.2) is 0 Å². The van der Waals surface area contributed by atoms with Crippen LogP contribution in [0.25, 0.3) is 0 Å². The van der Waals surface area contributed by atoms with E-state index in [1.807, 2.05) is 24.3 Å². The Balaban J connectivity index is 1.43. The summed E-state index contributed by atoms with van der Waals surface area (Å²) in [6.07, 6.45) is 0. The van der Waals surface area contributed by atoms with E-state index in [4.69, 9.17) is 4.74 Å². The lowest BCUT2D eigenvalue weighted by Gasteiger charge is -2.36. The molecule has 0 aromatic heterocycles. The van der Waals surface area contributed by atoms with Crippen LogP contribution in [0.4, 0.5) is 10.5 Å². The zero-order valence-corrected chi connectivity index (χ0v) is 17.1. The van der Waals surface area contributed by atoms with Gasteiger partial charge >= 0.3 is 6.03 Å². The van der Waals surface area contributed by atoms with Crippen LogP contribution >= 0.6 is 11.9 Å². The fourth-order valence-corrected chi connectivity index (χ4v) is 4.62. The first-order chi connectivity index (χ1) is 14.0. The lowest BCUT2D eigenvalue weighted by molar-refractivity contribution is -0.129. The van der Waals surface area contributed by atoms with E-state index in [1.165, 1.54) is 0 Å². The zero-order chi connectivity index (χ0) is 20.5. The van der Waals surface area contributed by atoms with Crippen molar-refractivity contribution < 1.29 is 19.1 Å². The zero-order valence-electron chi connectivity index (χ0n) is 16.3. The second kappa shape index (κ2) is 7.96. The standard InChI is InChI=1S/C19H23N5O4S/c1-3-24-17(25)15-14(20-19(24)27)16(29-21-15)18(26)23-10-8-22(9-11-23)12-4-6-13(28-2)7-5-12/h4-7,15,21H,3,8-11H2,1-2H3,(H,20,27). The van der Waals surface area contributed by atoms with Gasteiger partial charge < -0.3 is 19.9 Å². The Morgan fingerprint density at radius 1 is 1.17 bits per heavy atom. The number of nitrogens with zero attached hydrogens (tertiary/aromatic N) is 3. The number of anilines is 1. The Bertz CT molecular complexity index is 864. The summed E-state index contributed by atoms with van der Waals surface area (Å²) in [5.41, 5.74) is 1.46. The van der Waals surface area contributed by atoms with Crippen LogP contribution < -0.4 is 19.7 Å². The van der Waals surface area contributed by atoms with Crippen LogP contribution in [0.5, 0.6) is 5.75 Å². The average molecular weight is 417 g/mol. The van der Waals surface area contributed by atoms with Crippen molar-refractivity contribution in [3.8, 4) is 5.75 Å². The molecule has 29 heavy (non-hydrogen) atoms. The molecular weight excluding hydrogens is 394 g/mol. The van der Waals surface area contributed by atoms with E-state index in [2.05, 4.69) is 14.9 Å². The minimum absolute atomic E-state index is 0.160. The number of imide groups is 1. The predicted molar refractivity (Wildman–Crippen MR) is 109 cm³/mol. The molecule has 154 valence electrons. The van der Waals surface area contributed by atoms with Gasteiger partial charge in [-0.05, 0) is 43.1 Å². The highest BCUT2D eigenvalue weighted by atomic mass is 32.2. The summed E-state index contributed by atoms with van der Waals surface area (Å²) in [6, 6.07) is 6.68. The molecule has 1 atom stereocenters. The molecule has 0 saturated carbocycles. The fraction of sp³-hybridized carbons (Fsp3) is 0.421. The molecule has 3 aliphatic rings. The number of rotatable bonds is 4. The molecule has 4 rings (SSSR count). The first-order valence-corrected chi connectivity index (χ1v) is 10.3. The third kappa shape index (κ3) is 3.53. The second-order valence-corrected chi connectivity index (χ2v) is 7.73. The number of benzene rings is 1. The van der Waals surface area contributed by atoms with Crippen molar-refractivity contribution in [2.24, 2.45) is 0 Å². The summed E-state index contributed by atoms with van der Waals surface area (Å²) in [5, 5.41) is 2.72. The number of amides is 4. The highest BCUT2D eigenvalue weighted by Crippen LogP contribution is 2.32. The van der Waals surface area contributed by atoms with E-state index in [1.54, 1.807) is 18.9 Å². The number of piperazine rings is 1. The quantitative estimate of drug-likeness (QED) is 0.698. The van der Waals surface area contributed by atoms with Crippen molar-refractivity contribution >= 4 is 35.5 Å². The molecule has 2 saturated heterocycles. The topological polar surface area (TPSA) is 94.2 Å². The van der Waals surface area contributed by atoms with Gasteiger partial charge in [-0.15, -0.1) is 0 Å². The number of nitrogens with one attached hydrogen (secondary N) is 2.